The Morgan fingerprint density at radius 1 is 1.35 bits per heavy atom. The van der Waals surface area contributed by atoms with Crippen LogP contribution in [0.1, 0.15) is 37.1 Å². The topological polar surface area (TPSA) is 95.3 Å². The highest BCUT2D eigenvalue weighted by Crippen LogP contribution is 2.29. The molecule has 0 unspecified atom stereocenters. The van der Waals surface area contributed by atoms with Crippen LogP contribution in [0, 0.1) is 18.3 Å². The van der Waals surface area contributed by atoms with Crippen LogP contribution in [-0.2, 0) is 6.42 Å². The molecule has 1 aliphatic heterocycles. The van der Waals surface area contributed by atoms with Crippen molar-refractivity contribution in [2.24, 2.45) is 4.99 Å². The minimum Gasteiger partial charge on any atom is -0.382 e. The third-order valence-corrected chi connectivity index (χ3v) is 6.49. The van der Waals surface area contributed by atoms with Crippen LogP contribution in [0.5, 0.6) is 0 Å². The number of benzene rings is 1. The summed E-state index contributed by atoms with van der Waals surface area (Å²) in [6, 6.07) is 10.2. The van der Waals surface area contributed by atoms with E-state index < -0.39 is 0 Å². The number of rotatable bonds is 5. The summed E-state index contributed by atoms with van der Waals surface area (Å²) in [4.78, 5) is 6.77. The third-order valence-electron chi connectivity index (χ3n) is 5.19. The Labute approximate surface area is 206 Å². The molecule has 0 radical (unpaired) electrons. The van der Waals surface area contributed by atoms with Crippen LogP contribution in [0.3, 0.4) is 0 Å². The molecule has 1 saturated heterocycles. The fourth-order valence-electron chi connectivity index (χ4n) is 3.64. The maximum Gasteiger partial charge on any atom is 0.193 e. The van der Waals surface area contributed by atoms with Crippen LogP contribution in [0.2, 0.25) is 0 Å². The number of halogens is 1. The van der Waals surface area contributed by atoms with E-state index in [-0.39, 0.29) is 28.7 Å². The lowest BCUT2D eigenvalue weighted by atomic mass is 10.1. The SMILES string of the molecule is CN=C(NCCCc1nn(-c2ccc(C)cc2)c(N)c1C#N)N1CCSC(C)(C)C1.I. The predicted molar refractivity (Wildman–Crippen MR) is 141 cm³/mol. The summed E-state index contributed by atoms with van der Waals surface area (Å²) in [5.74, 6) is 2.44. The van der Waals surface area contributed by atoms with Crippen molar-refractivity contribution in [2.75, 3.05) is 38.2 Å². The average molecular weight is 554 g/mol. The molecule has 3 rings (SSSR count). The summed E-state index contributed by atoms with van der Waals surface area (Å²) in [5.41, 5.74) is 9.46. The Morgan fingerprint density at radius 2 is 2.06 bits per heavy atom. The summed E-state index contributed by atoms with van der Waals surface area (Å²) in [6.45, 7) is 9.33. The van der Waals surface area contributed by atoms with Gasteiger partial charge < -0.3 is 16.0 Å². The van der Waals surface area contributed by atoms with Gasteiger partial charge in [0.25, 0.3) is 0 Å². The van der Waals surface area contributed by atoms with Gasteiger partial charge in [0, 0.05) is 37.2 Å². The number of anilines is 1. The molecule has 1 aliphatic rings. The van der Waals surface area contributed by atoms with Crippen molar-refractivity contribution in [2.45, 2.75) is 38.4 Å². The smallest absolute Gasteiger partial charge is 0.193 e. The van der Waals surface area contributed by atoms with Crippen molar-refractivity contribution in [3.8, 4) is 11.8 Å². The van der Waals surface area contributed by atoms with Gasteiger partial charge >= 0.3 is 0 Å². The van der Waals surface area contributed by atoms with Crippen LogP contribution in [0.25, 0.3) is 5.69 Å². The fourth-order valence-corrected chi connectivity index (χ4v) is 4.75. The normalized spacial score (nSPS) is 15.8. The Morgan fingerprint density at radius 3 is 2.68 bits per heavy atom. The maximum atomic E-state index is 9.58. The average Bonchev–Trinajstić information content (AvgIpc) is 3.03. The number of hydrogen-bond donors (Lipinski definition) is 2. The molecule has 2 aromatic rings. The number of hydrogen-bond acceptors (Lipinski definition) is 5. The predicted octanol–water partition coefficient (Wildman–Crippen LogP) is 3.59. The van der Waals surface area contributed by atoms with Gasteiger partial charge in [-0.3, -0.25) is 4.99 Å². The zero-order valence-corrected chi connectivity index (χ0v) is 21.8. The van der Waals surface area contributed by atoms with E-state index in [2.05, 4.69) is 40.2 Å². The van der Waals surface area contributed by atoms with Gasteiger partial charge in [-0.25, -0.2) is 4.68 Å². The number of guanidine groups is 1. The molecule has 2 heterocycles. The minimum atomic E-state index is 0. The number of nitrogens with zero attached hydrogens (tertiary/aromatic N) is 5. The van der Waals surface area contributed by atoms with Crippen molar-refractivity contribution in [3.63, 3.8) is 0 Å². The van der Waals surface area contributed by atoms with Crippen molar-refractivity contribution >= 4 is 47.5 Å². The molecule has 1 aromatic heterocycles. The van der Waals surface area contributed by atoms with Crippen LogP contribution < -0.4 is 11.1 Å². The molecule has 9 heteroatoms. The number of nitrogens with one attached hydrogen (secondary N) is 1. The summed E-state index contributed by atoms with van der Waals surface area (Å²) in [6.07, 6.45) is 1.52. The lowest BCUT2D eigenvalue weighted by Crippen LogP contribution is -2.51. The van der Waals surface area contributed by atoms with Crippen LogP contribution >= 0.6 is 35.7 Å². The first kappa shape index (κ1) is 25.3. The summed E-state index contributed by atoms with van der Waals surface area (Å²) in [5, 5.41) is 17.7. The van der Waals surface area contributed by atoms with Crippen molar-refractivity contribution in [1.82, 2.24) is 20.0 Å². The Balaban J connectivity index is 0.00000341. The molecule has 31 heavy (non-hydrogen) atoms. The number of thioether (sulfide) groups is 1. The molecule has 1 aromatic carbocycles. The largest absolute Gasteiger partial charge is 0.382 e. The summed E-state index contributed by atoms with van der Waals surface area (Å²) >= 11 is 2.01. The highest BCUT2D eigenvalue weighted by atomic mass is 127. The van der Waals surface area contributed by atoms with Gasteiger partial charge in [-0.1, -0.05) is 17.7 Å². The van der Waals surface area contributed by atoms with E-state index in [0.717, 1.165) is 49.1 Å². The van der Waals surface area contributed by atoms with Gasteiger partial charge in [-0.15, -0.1) is 24.0 Å². The van der Waals surface area contributed by atoms with Crippen LogP contribution in [-0.4, -0.2) is 57.8 Å². The first-order valence-electron chi connectivity index (χ1n) is 10.3. The number of aryl methyl sites for hydroxylation is 2. The van der Waals surface area contributed by atoms with E-state index in [1.165, 1.54) is 5.56 Å². The molecule has 168 valence electrons. The quantitative estimate of drug-likeness (QED) is 0.255. The molecule has 0 atom stereocenters. The lowest BCUT2D eigenvalue weighted by Gasteiger charge is -2.39. The third kappa shape index (κ3) is 6.29. The van der Waals surface area contributed by atoms with Crippen LogP contribution in [0.15, 0.2) is 29.3 Å². The van der Waals surface area contributed by atoms with E-state index in [1.807, 2.05) is 50.0 Å². The van der Waals surface area contributed by atoms with Gasteiger partial charge in [0.1, 0.15) is 17.5 Å². The first-order chi connectivity index (χ1) is 14.3. The van der Waals surface area contributed by atoms with E-state index >= 15 is 0 Å². The Bertz CT molecular complexity index is 944. The lowest BCUT2D eigenvalue weighted by molar-refractivity contribution is 0.375. The maximum absolute atomic E-state index is 9.58. The van der Waals surface area contributed by atoms with Gasteiger partial charge in [0.2, 0.25) is 0 Å². The number of aromatic nitrogens is 2. The zero-order chi connectivity index (χ0) is 21.7. The molecule has 7 nitrogen and oxygen atoms in total. The monoisotopic (exact) mass is 553 g/mol. The first-order valence-corrected chi connectivity index (χ1v) is 11.3. The highest BCUT2D eigenvalue weighted by Gasteiger charge is 2.28. The van der Waals surface area contributed by atoms with Crippen molar-refractivity contribution < 1.29 is 0 Å². The van der Waals surface area contributed by atoms with Crippen molar-refractivity contribution in [3.05, 3.63) is 41.1 Å². The zero-order valence-electron chi connectivity index (χ0n) is 18.7. The molecule has 0 aliphatic carbocycles. The van der Waals surface area contributed by atoms with Gasteiger partial charge in [-0.2, -0.15) is 22.1 Å². The Kier molecular flexibility index (Phi) is 9.06. The number of nitrogens with two attached hydrogens (primary N) is 1. The van der Waals surface area contributed by atoms with E-state index in [9.17, 15) is 5.26 Å². The summed E-state index contributed by atoms with van der Waals surface area (Å²) in [7, 11) is 1.83. The van der Waals surface area contributed by atoms with Crippen LogP contribution in [0.4, 0.5) is 5.82 Å². The van der Waals surface area contributed by atoms with E-state index in [0.29, 0.717) is 17.8 Å². The second-order valence-corrected chi connectivity index (χ2v) is 9.98. The molecular weight excluding hydrogens is 521 g/mol. The molecule has 1 fully saturated rings. The molecular formula is C22H32IN7S. The number of nitrogen functional groups attached to an aromatic ring is 1. The van der Waals surface area contributed by atoms with Gasteiger partial charge in [0.15, 0.2) is 5.96 Å². The number of aliphatic imine (C=N–C) groups is 1. The van der Waals surface area contributed by atoms with E-state index in [1.54, 1.807) is 4.68 Å². The Hall–Kier alpha value is -1.93. The van der Waals surface area contributed by atoms with Gasteiger partial charge in [-0.05, 0) is 45.7 Å². The second kappa shape index (κ2) is 11.1. The van der Waals surface area contributed by atoms with E-state index in [4.69, 9.17) is 5.73 Å². The standard InChI is InChI=1S/C22H31N7S.HI/c1-16-7-9-17(10-8-16)29-20(24)18(14-23)19(27-29)6-5-11-26-21(25-4)28-12-13-30-22(2,3)15-28;/h7-10H,5-6,11-13,15,24H2,1-4H3,(H,25,26);1H. The molecule has 0 bridgehead atoms. The molecule has 0 amide bonds. The van der Waals surface area contributed by atoms with Crippen molar-refractivity contribution in [1.29, 1.82) is 5.26 Å². The van der Waals surface area contributed by atoms with Gasteiger partial charge in [0.05, 0.1) is 11.4 Å². The highest BCUT2D eigenvalue weighted by molar-refractivity contribution is 14.0. The molecule has 0 spiro atoms. The molecule has 3 N–H and O–H groups in total. The minimum absolute atomic E-state index is 0. The molecule has 0 saturated carbocycles. The summed E-state index contributed by atoms with van der Waals surface area (Å²) < 4.78 is 1.89. The number of nitriles is 1. The fraction of sp³-hybridized carbons (Fsp3) is 0.500. The second-order valence-electron chi connectivity index (χ2n) is 8.17.